The number of hydrogen-bond donors (Lipinski definition) is 3. The van der Waals surface area contributed by atoms with Gasteiger partial charge in [-0.3, -0.25) is 4.57 Å². The Labute approximate surface area is 149 Å². The molecule has 3 rings (SSSR count). The Morgan fingerprint density at radius 2 is 1.84 bits per heavy atom. The van der Waals surface area contributed by atoms with Gasteiger partial charge in [-0.05, 0) is 43.7 Å². The quantitative estimate of drug-likeness (QED) is 0.289. The molecule has 0 amide bonds. The van der Waals surface area contributed by atoms with Gasteiger partial charge in [-0.1, -0.05) is 16.8 Å². The number of aromatic nitrogens is 3. The number of phenols is 1. The molecule has 0 atom stereocenters. The Kier molecular flexibility index (Phi) is 4.18. The van der Waals surface area contributed by atoms with Crippen molar-refractivity contribution in [3.05, 3.63) is 52.6 Å². The second-order valence-corrected chi connectivity index (χ2v) is 6.12. The van der Waals surface area contributed by atoms with Crippen LogP contribution in [-0.4, -0.2) is 30.3 Å². The molecule has 1 aromatic carbocycles. The lowest BCUT2D eigenvalue weighted by Crippen LogP contribution is -2.16. The molecule has 0 spiro atoms. The van der Waals surface area contributed by atoms with Gasteiger partial charge in [0, 0.05) is 12.7 Å². The minimum absolute atomic E-state index is 0.0347. The van der Waals surface area contributed by atoms with E-state index in [1.807, 2.05) is 25.5 Å². The van der Waals surface area contributed by atoms with Gasteiger partial charge in [0.05, 0.1) is 29.0 Å². The van der Waals surface area contributed by atoms with E-state index in [0.29, 0.717) is 22.0 Å². The van der Waals surface area contributed by atoms with Crippen molar-refractivity contribution >= 4 is 17.4 Å². The number of hydrogen-bond acceptors (Lipinski definition) is 4. The van der Waals surface area contributed by atoms with Gasteiger partial charge in [0.2, 0.25) is 0 Å². The molecule has 4 N–H and O–H groups in total. The first kappa shape index (κ1) is 16.9. The molecule has 0 saturated carbocycles. The summed E-state index contributed by atoms with van der Waals surface area (Å²) in [5.74, 6) is 0.117. The number of oxime groups is 1. The highest BCUT2D eigenvalue weighted by Gasteiger charge is 2.27. The number of nitrogens with two attached hydrogens (primary N) is 1. The topological polar surface area (TPSA) is 102 Å². The van der Waals surface area contributed by atoms with E-state index in [1.165, 1.54) is 0 Å². The highest BCUT2D eigenvalue weighted by Crippen LogP contribution is 2.38. The van der Waals surface area contributed by atoms with Gasteiger partial charge in [-0.2, -0.15) is 0 Å². The van der Waals surface area contributed by atoms with Gasteiger partial charge >= 0.3 is 0 Å². The summed E-state index contributed by atoms with van der Waals surface area (Å²) in [5.41, 5.74) is 10.1. The molecule has 0 aliphatic carbocycles. The molecule has 0 saturated heterocycles. The third kappa shape index (κ3) is 2.62. The third-order valence-electron chi connectivity index (χ3n) is 4.16. The SMILES string of the molecule is Cc1ncn(C)c1-c1c(C(N)=NO)c(C)c(Cl)n1-c1ccc(O)cc1. The Morgan fingerprint density at radius 3 is 2.36 bits per heavy atom. The predicted molar refractivity (Wildman–Crippen MR) is 96.6 cm³/mol. The molecule has 25 heavy (non-hydrogen) atoms. The molecule has 0 aliphatic rings. The second kappa shape index (κ2) is 6.18. The van der Waals surface area contributed by atoms with Crippen LogP contribution in [0.3, 0.4) is 0 Å². The van der Waals surface area contributed by atoms with E-state index in [4.69, 9.17) is 17.3 Å². The number of aromatic hydroxyl groups is 1. The zero-order valence-corrected chi connectivity index (χ0v) is 14.8. The standard InChI is InChI=1S/C17H18ClN5O2/c1-9-13(17(19)21-25)15(14-10(2)20-8-22(14)3)23(16(9)18)11-4-6-12(24)7-5-11/h4-8,24-25H,1-3H3,(H2,19,21). The Hall–Kier alpha value is -2.93. The van der Waals surface area contributed by atoms with E-state index in [9.17, 15) is 10.3 Å². The van der Waals surface area contributed by atoms with Crippen molar-refractivity contribution in [3.63, 3.8) is 0 Å². The lowest BCUT2D eigenvalue weighted by Gasteiger charge is -2.14. The first-order valence-electron chi connectivity index (χ1n) is 7.53. The van der Waals surface area contributed by atoms with Gasteiger partial charge in [-0.25, -0.2) is 4.98 Å². The molecular weight excluding hydrogens is 342 g/mol. The van der Waals surface area contributed by atoms with Crippen molar-refractivity contribution in [2.75, 3.05) is 0 Å². The monoisotopic (exact) mass is 359 g/mol. The summed E-state index contributed by atoms with van der Waals surface area (Å²) < 4.78 is 3.65. The summed E-state index contributed by atoms with van der Waals surface area (Å²) in [4.78, 5) is 4.33. The van der Waals surface area contributed by atoms with Crippen LogP contribution < -0.4 is 5.73 Å². The van der Waals surface area contributed by atoms with Crippen LogP contribution in [0.25, 0.3) is 17.1 Å². The number of aryl methyl sites for hydroxylation is 2. The zero-order valence-electron chi connectivity index (χ0n) is 14.0. The normalized spacial score (nSPS) is 11.9. The van der Waals surface area contributed by atoms with Crippen molar-refractivity contribution in [3.8, 4) is 22.8 Å². The summed E-state index contributed by atoms with van der Waals surface area (Å²) in [5, 5.41) is 22.4. The number of nitrogens with zero attached hydrogens (tertiary/aromatic N) is 4. The highest BCUT2D eigenvalue weighted by molar-refractivity contribution is 6.32. The van der Waals surface area contributed by atoms with Crippen LogP contribution in [0.2, 0.25) is 5.15 Å². The molecule has 8 heteroatoms. The number of benzene rings is 1. The second-order valence-electron chi connectivity index (χ2n) is 5.77. The van der Waals surface area contributed by atoms with Crippen molar-refractivity contribution in [2.24, 2.45) is 17.9 Å². The Balaban J connectivity index is 2.45. The van der Waals surface area contributed by atoms with E-state index in [-0.39, 0.29) is 11.6 Å². The van der Waals surface area contributed by atoms with Crippen LogP contribution in [0.5, 0.6) is 5.75 Å². The summed E-state index contributed by atoms with van der Waals surface area (Å²) in [6.07, 6.45) is 1.69. The minimum atomic E-state index is -0.0347. The number of phenolic OH excluding ortho intramolecular Hbond substituents is 1. The molecule has 2 heterocycles. The Morgan fingerprint density at radius 1 is 1.20 bits per heavy atom. The lowest BCUT2D eigenvalue weighted by molar-refractivity contribution is 0.318. The van der Waals surface area contributed by atoms with Crippen molar-refractivity contribution < 1.29 is 10.3 Å². The van der Waals surface area contributed by atoms with E-state index >= 15 is 0 Å². The van der Waals surface area contributed by atoms with Gasteiger partial charge in [0.15, 0.2) is 5.84 Å². The molecule has 0 aliphatic heterocycles. The predicted octanol–water partition coefficient (Wildman–Crippen LogP) is 2.95. The largest absolute Gasteiger partial charge is 0.508 e. The molecule has 7 nitrogen and oxygen atoms in total. The number of rotatable bonds is 3. The fourth-order valence-corrected chi connectivity index (χ4v) is 3.25. The fraction of sp³-hybridized carbons (Fsp3) is 0.176. The number of amidine groups is 1. The van der Waals surface area contributed by atoms with Crippen LogP contribution in [0, 0.1) is 13.8 Å². The van der Waals surface area contributed by atoms with E-state index < -0.39 is 0 Å². The first-order valence-corrected chi connectivity index (χ1v) is 7.91. The maximum Gasteiger partial charge on any atom is 0.172 e. The van der Waals surface area contributed by atoms with Crippen molar-refractivity contribution in [2.45, 2.75) is 13.8 Å². The van der Waals surface area contributed by atoms with E-state index in [0.717, 1.165) is 17.1 Å². The molecule has 0 fully saturated rings. The fourth-order valence-electron chi connectivity index (χ4n) is 2.98. The van der Waals surface area contributed by atoms with Crippen LogP contribution in [0.4, 0.5) is 0 Å². The number of halogens is 1. The summed E-state index contributed by atoms with van der Waals surface area (Å²) in [7, 11) is 1.86. The van der Waals surface area contributed by atoms with Crippen LogP contribution >= 0.6 is 11.6 Å². The number of imidazole rings is 1. The minimum Gasteiger partial charge on any atom is -0.508 e. The lowest BCUT2D eigenvalue weighted by atomic mass is 10.1. The molecular formula is C17H18ClN5O2. The molecule has 2 aromatic heterocycles. The van der Waals surface area contributed by atoms with E-state index in [1.54, 1.807) is 35.2 Å². The maximum absolute atomic E-state index is 9.57. The average Bonchev–Trinajstić information content (AvgIpc) is 3.05. The zero-order chi connectivity index (χ0) is 18.3. The van der Waals surface area contributed by atoms with Gasteiger partial charge in [0.25, 0.3) is 0 Å². The molecule has 0 unspecified atom stereocenters. The van der Waals surface area contributed by atoms with Gasteiger partial charge in [0.1, 0.15) is 10.9 Å². The highest BCUT2D eigenvalue weighted by atomic mass is 35.5. The average molecular weight is 360 g/mol. The Bertz CT molecular complexity index is 951. The third-order valence-corrected chi connectivity index (χ3v) is 4.61. The van der Waals surface area contributed by atoms with Crippen molar-refractivity contribution in [1.29, 1.82) is 0 Å². The summed E-state index contributed by atoms with van der Waals surface area (Å²) in [6.45, 7) is 3.69. The van der Waals surface area contributed by atoms with Crippen LogP contribution in [-0.2, 0) is 7.05 Å². The maximum atomic E-state index is 9.57. The van der Waals surface area contributed by atoms with Crippen molar-refractivity contribution in [1.82, 2.24) is 14.1 Å². The van der Waals surface area contributed by atoms with Crippen LogP contribution in [0.1, 0.15) is 16.8 Å². The molecule has 0 bridgehead atoms. The first-order chi connectivity index (χ1) is 11.9. The smallest absolute Gasteiger partial charge is 0.172 e. The molecule has 130 valence electrons. The van der Waals surface area contributed by atoms with Crippen LogP contribution in [0.15, 0.2) is 35.7 Å². The van der Waals surface area contributed by atoms with Gasteiger partial charge < -0.3 is 20.6 Å². The van der Waals surface area contributed by atoms with Gasteiger partial charge in [-0.15, -0.1) is 0 Å². The van der Waals surface area contributed by atoms with E-state index in [2.05, 4.69) is 10.1 Å². The summed E-state index contributed by atoms with van der Waals surface area (Å²) in [6, 6.07) is 6.63. The molecule has 3 aromatic rings. The molecule has 0 radical (unpaired) electrons. The summed E-state index contributed by atoms with van der Waals surface area (Å²) >= 11 is 6.59.